The second-order valence-electron chi connectivity index (χ2n) is 8.12. The molecule has 0 aliphatic carbocycles. The third kappa shape index (κ3) is 3.47. The van der Waals surface area contributed by atoms with Crippen LogP contribution in [0.25, 0.3) is 33.4 Å². The van der Waals surface area contributed by atoms with E-state index in [0.29, 0.717) is 34.3 Å². The maximum atomic E-state index is 14.6. The number of benzene rings is 3. The largest absolute Gasteiger partial charge is 0.325 e. The highest BCUT2D eigenvalue weighted by molar-refractivity contribution is 6.30. The zero-order chi connectivity index (χ0) is 23.2. The van der Waals surface area contributed by atoms with Gasteiger partial charge in [0, 0.05) is 46.2 Å². The van der Waals surface area contributed by atoms with Crippen molar-refractivity contribution in [1.29, 1.82) is 0 Å². The van der Waals surface area contributed by atoms with E-state index in [2.05, 4.69) is 9.88 Å². The summed E-state index contributed by atoms with van der Waals surface area (Å²) in [7, 11) is 0. The molecule has 0 N–H and O–H groups in total. The average molecular weight is 471 g/mol. The lowest BCUT2D eigenvalue weighted by atomic mass is 10.0. The summed E-state index contributed by atoms with van der Waals surface area (Å²) >= 11 is 6.22. The highest BCUT2D eigenvalue weighted by atomic mass is 35.5. The van der Waals surface area contributed by atoms with Gasteiger partial charge in [0.15, 0.2) is 17.5 Å². The second-order valence-corrected chi connectivity index (χ2v) is 8.56. The molecule has 0 radical (unpaired) electrons. The standard InChI is InChI=1S/C27H17ClF2N4/c28-19-7-9-24-17(13-19)10-12-34(24)27-21-14-16(20-4-1-5-22(29)25(20)30)6-8-23(21)32-26(33-27)18-3-2-11-31-15-18/h1-9,11,13-15H,10,12H2. The first kappa shape index (κ1) is 20.7. The molecule has 34 heavy (non-hydrogen) atoms. The van der Waals surface area contributed by atoms with Crippen LogP contribution in [0.15, 0.2) is 79.1 Å². The normalized spacial score (nSPS) is 12.9. The number of hydrogen-bond donors (Lipinski definition) is 0. The molecule has 3 aromatic carbocycles. The van der Waals surface area contributed by atoms with Crippen molar-refractivity contribution >= 4 is 34.0 Å². The Morgan fingerprint density at radius 2 is 1.79 bits per heavy atom. The van der Waals surface area contributed by atoms with Crippen LogP contribution in [0.4, 0.5) is 20.3 Å². The molecule has 0 bridgehead atoms. The molecule has 2 aromatic heterocycles. The van der Waals surface area contributed by atoms with E-state index in [1.165, 1.54) is 6.07 Å². The van der Waals surface area contributed by atoms with Crippen LogP contribution in [0.1, 0.15) is 5.56 Å². The molecule has 0 atom stereocenters. The molecule has 0 saturated heterocycles. The Morgan fingerprint density at radius 3 is 2.65 bits per heavy atom. The third-order valence-corrected chi connectivity index (χ3v) is 6.29. The van der Waals surface area contributed by atoms with Gasteiger partial charge in [-0.05, 0) is 66.1 Å². The molecule has 6 rings (SSSR count). The molecule has 4 nitrogen and oxygen atoms in total. The number of aromatic nitrogens is 3. The quantitative estimate of drug-likeness (QED) is 0.285. The fraction of sp³-hybridized carbons (Fsp3) is 0.0741. The van der Waals surface area contributed by atoms with E-state index >= 15 is 0 Å². The Balaban J connectivity index is 1.59. The van der Waals surface area contributed by atoms with E-state index in [9.17, 15) is 8.78 Å². The Hall–Kier alpha value is -3.90. The van der Waals surface area contributed by atoms with Crippen LogP contribution in [0.5, 0.6) is 0 Å². The van der Waals surface area contributed by atoms with Crippen molar-refractivity contribution in [2.75, 3.05) is 11.4 Å². The van der Waals surface area contributed by atoms with Gasteiger partial charge in [0.25, 0.3) is 0 Å². The molecule has 5 aromatic rings. The first-order chi connectivity index (χ1) is 16.6. The lowest BCUT2D eigenvalue weighted by molar-refractivity contribution is 0.511. The number of halogens is 3. The Morgan fingerprint density at radius 1 is 0.882 bits per heavy atom. The Bertz CT molecular complexity index is 1560. The summed E-state index contributed by atoms with van der Waals surface area (Å²) in [6.07, 6.45) is 4.24. The van der Waals surface area contributed by atoms with E-state index in [0.717, 1.165) is 34.7 Å². The predicted molar refractivity (Wildman–Crippen MR) is 130 cm³/mol. The topological polar surface area (TPSA) is 41.9 Å². The molecule has 3 heterocycles. The zero-order valence-corrected chi connectivity index (χ0v) is 18.6. The summed E-state index contributed by atoms with van der Waals surface area (Å²) in [6.45, 7) is 0.715. The van der Waals surface area contributed by atoms with Crippen molar-refractivity contribution in [2.45, 2.75) is 6.42 Å². The minimum Gasteiger partial charge on any atom is -0.325 e. The molecular weight excluding hydrogens is 454 g/mol. The smallest absolute Gasteiger partial charge is 0.166 e. The number of rotatable bonds is 3. The van der Waals surface area contributed by atoms with Crippen LogP contribution in [-0.2, 0) is 6.42 Å². The highest BCUT2D eigenvalue weighted by Crippen LogP contribution is 2.40. The summed E-state index contributed by atoms with van der Waals surface area (Å²) in [5.41, 5.74) is 4.39. The summed E-state index contributed by atoms with van der Waals surface area (Å²) < 4.78 is 28.5. The fourth-order valence-electron chi connectivity index (χ4n) is 4.43. The average Bonchev–Trinajstić information content (AvgIpc) is 3.28. The molecule has 0 spiro atoms. The van der Waals surface area contributed by atoms with Gasteiger partial charge in [-0.25, -0.2) is 18.7 Å². The second kappa shape index (κ2) is 8.15. The van der Waals surface area contributed by atoms with Gasteiger partial charge in [-0.3, -0.25) is 4.98 Å². The van der Waals surface area contributed by atoms with Crippen molar-refractivity contribution in [1.82, 2.24) is 15.0 Å². The number of fused-ring (bicyclic) bond motifs is 2. The highest BCUT2D eigenvalue weighted by Gasteiger charge is 2.25. The summed E-state index contributed by atoms with van der Waals surface area (Å²) in [4.78, 5) is 16.0. The van der Waals surface area contributed by atoms with Crippen LogP contribution in [0.2, 0.25) is 5.02 Å². The maximum Gasteiger partial charge on any atom is 0.166 e. The summed E-state index contributed by atoms with van der Waals surface area (Å²) in [5, 5.41) is 1.43. The first-order valence-corrected chi connectivity index (χ1v) is 11.2. The van der Waals surface area contributed by atoms with Crippen molar-refractivity contribution in [2.24, 2.45) is 0 Å². The molecule has 1 aliphatic heterocycles. The molecule has 0 unspecified atom stereocenters. The molecule has 7 heteroatoms. The Labute approximate surface area is 199 Å². The van der Waals surface area contributed by atoms with Crippen LogP contribution >= 0.6 is 11.6 Å². The van der Waals surface area contributed by atoms with E-state index in [1.807, 2.05) is 42.5 Å². The van der Waals surface area contributed by atoms with E-state index < -0.39 is 11.6 Å². The molecular formula is C27H17ClF2N4. The van der Waals surface area contributed by atoms with Crippen molar-refractivity contribution in [3.63, 3.8) is 0 Å². The van der Waals surface area contributed by atoms with Gasteiger partial charge in [-0.15, -0.1) is 0 Å². The van der Waals surface area contributed by atoms with Gasteiger partial charge in [0.1, 0.15) is 5.82 Å². The monoisotopic (exact) mass is 470 g/mol. The third-order valence-electron chi connectivity index (χ3n) is 6.05. The number of hydrogen-bond acceptors (Lipinski definition) is 4. The van der Waals surface area contributed by atoms with Gasteiger partial charge in [-0.1, -0.05) is 29.8 Å². The fourth-order valence-corrected chi connectivity index (χ4v) is 4.62. The predicted octanol–water partition coefficient (Wildman–Crippen LogP) is 6.98. The number of nitrogens with zero attached hydrogens (tertiary/aromatic N) is 4. The van der Waals surface area contributed by atoms with Gasteiger partial charge < -0.3 is 4.90 Å². The summed E-state index contributed by atoms with van der Waals surface area (Å²) in [5.74, 6) is -0.518. The van der Waals surface area contributed by atoms with Gasteiger partial charge >= 0.3 is 0 Å². The first-order valence-electron chi connectivity index (χ1n) is 10.8. The lowest BCUT2D eigenvalue weighted by Crippen LogP contribution is -2.16. The molecule has 0 saturated carbocycles. The van der Waals surface area contributed by atoms with Crippen LogP contribution in [-0.4, -0.2) is 21.5 Å². The van der Waals surface area contributed by atoms with E-state index in [4.69, 9.17) is 21.6 Å². The minimum absolute atomic E-state index is 0.192. The van der Waals surface area contributed by atoms with E-state index in [1.54, 1.807) is 24.5 Å². The SMILES string of the molecule is Fc1cccc(-c2ccc3nc(-c4cccnc4)nc(N4CCc5cc(Cl)ccc54)c3c2)c1F. The van der Waals surface area contributed by atoms with Crippen LogP contribution < -0.4 is 4.90 Å². The van der Waals surface area contributed by atoms with Gasteiger partial charge in [0.2, 0.25) is 0 Å². The molecule has 0 amide bonds. The summed E-state index contributed by atoms with van der Waals surface area (Å²) in [6, 6.07) is 19.1. The van der Waals surface area contributed by atoms with Gasteiger partial charge in [-0.2, -0.15) is 0 Å². The van der Waals surface area contributed by atoms with Crippen molar-refractivity contribution in [3.05, 3.63) is 101 Å². The molecule has 166 valence electrons. The number of anilines is 2. The molecule has 0 fully saturated rings. The van der Waals surface area contributed by atoms with Gasteiger partial charge in [0.05, 0.1) is 5.52 Å². The van der Waals surface area contributed by atoms with Crippen molar-refractivity contribution < 1.29 is 8.78 Å². The zero-order valence-electron chi connectivity index (χ0n) is 17.8. The Kier molecular flexibility index (Phi) is 4.96. The number of pyridine rings is 1. The molecule has 1 aliphatic rings. The van der Waals surface area contributed by atoms with Crippen LogP contribution in [0.3, 0.4) is 0 Å². The maximum absolute atomic E-state index is 14.6. The minimum atomic E-state index is -0.883. The van der Waals surface area contributed by atoms with Crippen molar-refractivity contribution in [3.8, 4) is 22.5 Å². The van der Waals surface area contributed by atoms with E-state index in [-0.39, 0.29) is 5.56 Å². The lowest BCUT2D eigenvalue weighted by Gasteiger charge is -2.21. The van der Waals surface area contributed by atoms with Crippen LogP contribution in [0, 0.1) is 11.6 Å².